The topological polar surface area (TPSA) is 65.5 Å². The van der Waals surface area contributed by atoms with Crippen molar-refractivity contribution in [3.05, 3.63) is 30.1 Å². The maximum Gasteiger partial charge on any atom is 0.317 e. The first-order valence-corrected chi connectivity index (χ1v) is 8.86. The molecule has 1 aromatic rings. The molecule has 1 fully saturated rings. The number of urea groups is 1. The van der Waals surface area contributed by atoms with E-state index in [1.54, 1.807) is 17.3 Å². The number of pyridine rings is 1. The van der Waals surface area contributed by atoms with Gasteiger partial charge in [-0.05, 0) is 50.8 Å². The van der Waals surface area contributed by atoms with Gasteiger partial charge < -0.3 is 15.1 Å². The second kappa shape index (κ2) is 9.25. The van der Waals surface area contributed by atoms with E-state index < -0.39 is 0 Å². The molecule has 0 saturated carbocycles. The van der Waals surface area contributed by atoms with Gasteiger partial charge in [0.25, 0.3) is 0 Å². The minimum absolute atomic E-state index is 0.0652. The van der Waals surface area contributed by atoms with Gasteiger partial charge >= 0.3 is 6.03 Å². The molecule has 6 nitrogen and oxygen atoms in total. The van der Waals surface area contributed by atoms with Crippen molar-refractivity contribution in [3.8, 4) is 0 Å². The largest absolute Gasteiger partial charge is 0.343 e. The van der Waals surface area contributed by atoms with E-state index in [2.05, 4.69) is 10.3 Å². The summed E-state index contributed by atoms with van der Waals surface area (Å²) in [5.41, 5.74) is 1.15. The number of rotatable bonds is 6. The number of nitrogens with zero attached hydrogens (tertiary/aromatic N) is 3. The van der Waals surface area contributed by atoms with Crippen molar-refractivity contribution in [1.82, 2.24) is 20.1 Å². The van der Waals surface area contributed by atoms with Crippen LogP contribution in [-0.4, -0.2) is 59.4 Å². The van der Waals surface area contributed by atoms with Gasteiger partial charge in [-0.25, -0.2) is 4.79 Å². The van der Waals surface area contributed by atoms with E-state index in [1.165, 1.54) is 0 Å². The summed E-state index contributed by atoms with van der Waals surface area (Å²) in [5.74, 6) is 0.110. The van der Waals surface area contributed by atoms with Gasteiger partial charge in [0.15, 0.2) is 0 Å². The van der Waals surface area contributed by atoms with Crippen LogP contribution in [0.2, 0.25) is 0 Å². The van der Waals surface area contributed by atoms with Crippen LogP contribution in [0.1, 0.15) is 32.3 Å². The van der Waals surface area contributed by atoms with Crippen molar-refractivity contribution >= 4 is 11.9 Å². The molecule has 2 heterocycles. The number of hydrogen-bond acceptors (Lipinski definition) is 3. The van der Waals surface area contributed by atoms with Crippen molar-refractivity contribution in [3.63, 3.8) is 0 Å². The average Bonchev–Trinajstić information content (AvgIpc) is 2.63. The van der Waals surface area contributed by atoms with Crippen LogP contribution in [0.25, 0.3) is 0 Å². The Morgan fingerprint density at radius 2 is 2.00 bits per heavy atom. The van der Waals surface area contributed by atoms with Crippen LogP contribution in [-0.2, 0) is 11.2 Å². The summed E-state index contributed by atoms with van der Waals surface area (Å²) in [7, 11) is 0. The maximum absolute atomic E-state index is 12.5. The first kappa shape index (κ1) is 18.2. The normalized spacial score (nSPS) is 17.4. The summed E-state index contributed by atoms with van der Waals surface area (Å²) in [4.78, 5) is 32.5. The number of piperidine rings is 1. The number of carbonyl (C=O) groups is 2. The molecule has 0 aliphatic carbocycles. The molecule has 1 N–H and O–H groups in total. The van der Waals surface area contributed by atoms with Crippen molar-refractivity contribution in [2.45, 2.75) is 33.1 Å². The maximum atomic E-state index is 12.5. The molecule has 1 aromatic heterocycles. The van der Waals surface area contributed by atoms with Gasteiger partial charge in [0.2, 0.25) is 5.91 Å². The zero-order valence-electron chi connectivity index (χ0n) is 14.7. The van der Waals surface area contributed by atoms with Gasteiger partial charge in [0.05, 0.1) is 5.92 Å². The van der Waals surface area contributed by atoms with E-state index in [4.69, 9.17) is 0 Å². The highest BCUT2D eigenvalue weighted by atomic mass is 16.2. The van der Waals surface area contributed by atoms with Crippen molar-refractivity contribution in [2.75, 3.05) is 32.7 Å². The van der Waals surface area contributed by atoms with Gasteiger partial charge in [-0.3, -0.25) is 9.78 Å². The van der Waals surface area contributed by atoms with Gasteiger partial charge in [0.1, 0.15) is 0 Å². The van der Waals surface area contributed by atoms with Crippen LogP contribution in [0.5, 0.6) is 0 Å². The van der Waals surface area contributed by atoms with Crippen LogP contribution in [0, 0.1) is 5.92 Å². The molecule has 0 spiro atoms. The van der Waals surface area contributed by atoms with Crippen molar-refractivity contribution < 1.29 is 9.59 Å². The number of nitrogens with one attached hydrogen (secondary N) is 1. The third-order valence-corrected chi connectivity index (χ3v) is 4.57. The monoisotopic (exact) mass is 332 g/mol. The molecule has 0 unspecified atom stereocenters. The van der Waals surface area contributed by atoms with Crippen LogP contribution >= 0.6 is 0 Å². The minimum atomic E-state index is -0.0684. The minimum Gasteiger partial charge on any atom is -0.343 e. The standard InChI is InChI=1S/C18H28N4O2/c1-3-21(4-2)17(23)16-6-5-13-22(14-16)18(24)20-12-9-15-7-10-19-11-8-15/h7-8,10-11,16H,3-6,9,12-14H2,1-2H3,(H,20,24)/t16-/m1/s1. The van der Waals surface area contributed by atoms with Gasteiger partial charge in [-0.15, -0.1) is 0 Å². The predicted octanol–water partition coefficient (Wildman–Crippen LogP) is 1.91. The summed E-state index contributed by atoms with van der Waals surface area (Å²) in [6.45, 7) is 7.28. The van der Waals surface area contributed by atoms with E-state index >= 15 is 0 Å². The first-order chi connectivity index (χ1) is 11.7. The molecule has 0 radical (unpaired) electrons. The molecule has 3 amide bonds. The lowest BCUT2D eigenvalue weighted by atomic mass is 9.96. The smallest absolute Gasteiger partial charge is 0.317 e. The zero-order valence-corrected chi connectivity index (χ0v) is 14.7. The number of aromatic nitrogens is 1. The molecule has 0 bridgehead atoms. The lowest BCUT2D eigenvalue weighted by molar-refractivity contribution is -0.136. The zero-order chi connectivity index (χ0) is 17.4. The Labute approximate surface area is 144 Å². The Bertz CT molecular complexity index is 531. The molecular weight excluding hydrogens is 304 g/mol. The van der Waals surface area contributed by atoms with E-state index in [1.807, 2.05) is 30.9 Å². The molecule has 1 saturated heterocycles. The quantitative estimate of drug-likeness (QED) is 0.865. The van der Waals surface area contributed by atoms with Crippen LogP contribution in [0.15, 0.2) is 24.5 Å². The van der Waals surface area contributed by atoms with Crippen molar-refractivity contribution in [1.29, 1.82) is 0 Å². The second-order valence-corrected chi connectivity index (χ2v) is 6.13. The highest BCUT2D eigenvalue weighted by Crippen LogP contribution is 2.19. The van der Waals surface area contributed by atoms with Crippen LogP contribution < -0.4 is 5.32 Å². The Hall–Kier alpha value is -2.11. The van der Waals surface area contributed by atoms with Crippen LogP contribution in [0.4, 0.5) is 4.79 Å². The van der Waals surface area contributed by atoms with E-state index in [9.17, 15) is 9.59 Å². The fraction of sp³-hybridized carbons (Fsp3) is 0.611. The highest BCUT2D eigenvalue weighted by Gasteiger charge is 2.30. The molecule has 24 heavy (non-hydrogen) atoms. The molecular formula is C18H28N4O2. The van der Waals surface area contributed by atoms with E-state index in [0.29, 0.717) is 13.1 Å². The third kappa shape index (κ3) is 4.94. The molecule has 0 aromatic carbocycles. The summed E-state index contributed by atoms with van der Waals surface area (Å²) in [5, 5.41) is 2.96. The summed E-state index contributed by atoms with van der Waals surface area (Å²) in [6.07, 6.45) is 6.05. The van der Waals surface area contributed by atoms with Crippen LogP contribution in [0.3, 0.4) is 0 Å². The van der Waals surface area contributed by atoms with Gasteiger partial charge in [-0.1, -0.05) is 0 Å². The van der Waals surface area contributed by atoms with Gasteiger partial charge in [0, 0.05) is 45.1 Å². The Balaban J connectivity index is 1.80. The summed E-state index contributed by atoms with van der Waals surface area (Å²) in [6, 6.07) is 3.83. The predicted molar refractivity (Wildman–Crippen MR) is 93.6 cm³/mol. The first-order valence-electron chi connectivity index (χ1n) is 8.86. The SMILES string of the molecule is CCN(CC)C(=O)[C@@H]1CCCN(C(=O)NCCc2ccncc2)C1. The Kier molecular flexibility index (Phi) is 7.03. The summed E-state index contributed by atoms with van der Waals surface area (Å²) < 4.78 is 0. The van der Waals surface area contributed by atoms with Crippen molar-refractivity contribution in [2.24, 2.45) is 5.92 Å². The fourth-order valence-corrected chi connectivity index (χ4v) is 3.13. The lowest BCUT2D eigenvalue weighted by Gasteiger charge is -2.34. The van der Waals surface area contributed by atoms with E-state index in [0.717, 1.165) is 44.5 Å². The molecule has 6 heteroatoms. The highest BCUT2D eigenvalue weighted by molar-refractivity contribution is 5.81. The molecule has 132 valence electrons. The fourth-order valence-electron chi connectivity index (χ4n) is 3.13. The number of amides is 3. The average molecular weight is 332 g/mol. The van der Waals surface area contributed by atoms with Gasteiger partial charge in [-0.2, -0.15) is 0 Å². The molecule has 1 aliphatic rings. The van der Waals surface area contributed by atoms with E-state index in [-0.39, 0.29) is 17.9 Å². The molecule has 1 aliphatic heterocycles. The number of likely N-dealkylation sites (tertiary alicyclic amines) is 1. The number of hydrogen-bond donors (Lipinski definition) is 1. The molecule has 1 atom stereocenters. The number of carbonyl (C=O) groups excluding carboxylic acids is 2. The second-order valence-electron chi connectivity index (χ2n) is 6.13. The Morgan fingerprint density at radius 1 is 1.29 bits per heavy atom. The molecule has 2 rings (SSSR count). The lowest BCUT2D eigenvalue weighted by Crippen LogP contribution is -2.49. The Morgan fingerprint density at radius 3 is 2.67 bits per heavy atom. The third-order valence-electron chi connectivity index (χ3n) is 4.57. The summed E-state index contributed by atoms with van der Waals surface area (Å²) >= 11 is 0.